The topological polar surface area (TPSA) is 45.2 Å². The van der Waals surface area contributed by atoms with Crippen LogP contribution in [0.4, 0.5) is 0 Å². The number of aromatic nitrogens is 1. The van der Waals surface area contributed by atoms with Crippen LogP contribution in [-0.2, 0) is 0 Å². The maximum atomic E-state index is 12.6. The fourth-order valence-corrected chi connectivity index (χ4v) is 3.35. The van der Waals surface area contributed by atoms with Gasteiger partial charge in [0.15, 0.2) is 0 Å². The Bertz CT molecular complexity index is 466. The lowest BCUT2D eigenvalue weighted by molar-refractivity contribution is 0.0785. The summed E-state index contributed by atoms with van der Waals surface area (Å²) in [5.74, 6) is 0.798. The highest BCUT2D eigenvalue weighted by molar-refractivity contribution is 5.94. The molecular weight excluding hydrogens is 238 g/mol. The summed E-state index contributed by atoms with van der Waals surface area (Å²) in [5.41, 5.74) is 2.61. The molecule has 1 amide bonds. The molecule has 0 bridgehead atoms. The van der Waals surface area contributed by atoms with Gasteiger partial charge in [0.2, 0.25) is 0 Å². The number of pyridine rings is 1. The first-order valence-electron chi connectivity index (χ1n) is 7.11. The predicted molar refractivity (Wildman–Crippen MR) is 74.1 cm³/mol. The molecule has 0 saturated carbocycles. The zero-order chi connectivity index (χ0) is 13.4. The number of carbonyl (C=O) groups excluding carboxylic acids is 1. The van der Waals surface area contributed by atoms with E-state index in [1.807, 2.05) is 30.9 Å². The molecule has 19 heavy (non-hydrogen) atoms. The van der Waals surface area contributed by atoms with E-state index in [1.54, 1.807) is 0 Å². The van der Waals surface area contributed by atoms with Crippen LogP contribution in [0.2, 0.25) is 0 Å². The molecule has 3 rings (SSSR count). The minimum atomic E-state index is 0.157. The minimum absolute atomic E-state index is 0.157. The number of rotatable bonds is 1. The first kappa shape index (κ1) is 12.6. The largest absolute Gasteiger partial charge is 0.337 e. The molecule has 2 aliphatic rings. The van der Waals surface area contributed by atoms with Crippen LogP contribution in [0, 0.1) is 19.8 Å². The molecule has 2 atom stereocenters. The molecule has 102 valence electrons. The van der Waals surface area contributed by atoms with Gasteiger partial charge in [-0.15, -0.1) is 0 Å². The molecule has 1 N–H and O–H groups in total. The van der Waals surface area contributed by atoms with E-state index in [-0.39, 0.29) is 5.91 Å². The Hall–Kier alpha value is -1.42. The highest BCUT2D eigenvalue weighted by Gasteiger charge is 2.36. The van der Waals surface area contributed by atoms with Crippen molar-refractivity contribution in [2.75, 3.05) is 19.6 Å². The molecule has 2 aliphatic heterocycles. The fraction of sp³-hybridized carbons (Fsp3) is 0.600. The van der Waals surface area contributed by atoms with E-state index in [0.29, 0.717) is 12.0 Å². The second kappa shape index (κ2) is 4.93. The van der Waals surface area contributed by atoms with Crippen LogP contribution in [0.1, 0.15) is 34.6 Å². The highest BCUT2D eigenvalue weighted by atomic mass is 16.2. The van der Waals surface area contributed by atoms with Gasteiger partial charge in [0, 0.05) is 36.1 Å². The van der Waals surface area contributed by atoms with Crippen LogP contribution in [0.5, 0.6) is 0 Å². The molecule has 1 aromatic heterocycles. The number of nitrogens with zero attached hydrogens (tertiary/aromatic N) is 2. The monoisotopic (exact) mass is 259 g/mol. The van der Waals surface area contributed by atoms with Gasteiger partial charge in [-0.2, -0.15) is 0 Å². The third-order valence-electron chi connectivity index (χ3n) is 4.21. The number of likely N-dealkylation sites (tertiary alicyclic amines) is 1. The summed E-state index contributed by atoms with van der Waals surface area (Å²) < 4.78 is 0. The van der Waals surface area contributed by atoms with E-state index in [0.717, 1.165) is 36.6 Å². The maximum Gasteiger partial charge on any atom is 0.254 e. The molecule has 0 spiro atoms. The molecule has 3 heterocycles. The minimum Gasteiger partial charge on any atom is -0.337 e. The third-order valence-corrected chi connectivity index (χ3v) is 4.21. The molecule has 4 heteroatoms. The summed E-state index contributed by atoms with van der Waals surface area (Å²) in [6.07, 6.45) is 2.48. The molecule has 0 aromatic carbocycles. The van der Waals surface area contributed by atoms with Crippen molar-refractivity contribution < 1.29 is 4.79 Å². The Morgan fingerprint density at radius 2 is 2.05 bits per heavy atom. The van der Waals surface area contributed by atoms with Crippen molar-refractivity contribution in [1.82, 2.24) is 15.2 Å². The van der Waals surface area contributed by atoms with Crippen LogP contribution < -0.4 is 5.32 Å². The van der Waals surface area contributed by atoms with Crippen molar-refractivity contribution in [3.05, 3.63) is 29.1 Å². The quantitative estimate of drug-likeness (QED) is 0.831. The number of hydrogen-bond donors (Lipinski definition) is 1. The van der Waals surface area contributed by atoms with Gasteiger partial charge in [0.05, 0.1) is 0 Å². The Balaban J connectivity index is 1.77. The number of hydrogen-bond acceptors (Lipinski definition) is 3. The van der Waals surface area contributed by atoms with Crippen molar-refractivity contribution in [3.63, 3.8) is 0 Å². The second-order valence-electron chi connectivity index (χ2n) is 5.81. The first-order valence-corrected chi connectivity index (χ1v) is 7.11. The zero-order valence-electron chi connectivity index (χ0n) is 11.6. The second-order valence-corrected chi connectivity index (χ2v) is 5.81. The lowest BCUT2D eigenvalue weighted by Crippen LogP contribution is -2.41. The van der Waals surface area contributed by atoms with Gasteiger partial charge in [-0.1, -0.05) is 0 Å². The van der Waals surface area contributed by atoms with E-state index in [9.17, 15) is 4.79 Å². The SMILES string of the molecule is Cc1cc(C(=O)N2C[C@@H]3CCCN[C@@H]3C2)cc(C)n1. The average Bonchev–Trinajstić information content (AvgIpc) is 2.80. The molecule has 0 radical (unpaired) electrons. The van der Waals surface area contributed by atoms with E-state index in [4.69, 9.17) is 0 Å². The Morgan fingerprint density at radius 3 is 2.74 bits per heavy atom. The molecule has 0 unspecified atom stereocenters. The van der Waals surface area contributed by atoms with Crippen LogP contribution >= 0.6 is 0 Å². The molecule has 4 nitrogen and oxygen atoms in total. The average molecular weight is 259 g/mol. The number of piperidine rings is 1. The van der Waals surface area contributed by atoms with Crippen molar-refractivity contribution in [2.45, 2.75) is 32.7 Å². The summed E-state index contributed by atoms with van der Waals surface area (Å²) >= 11 is 0. The lowest BCUT2D eigenvalue weighted by Gasteiger charge is -2.24. The molecule has 0 aliphatic carbocycles. The van der Waals surface area contributed by atoms with Crippen molar-refractivity contribution in [2.24, 2.45) is 5.92 Å². The number of carbonyl (C=O) groups is 1. The zero-order valence-corrected chi connectivity index (χ0v) is 11.6. The van der Waals surface area contributed by atoms with Gasteiger partial charge in [-0.05, 0) is 51.3 Å². The van der Waals surface area contributed by atoms with E-state index in [1.165, 1.54) is 12.8 Å². The fourth-order valence-electron chi connectivity index (χ4n) is 3.35. The summed E-state index contributed by atoms with van der Waals surface area (Å²) in [6, 6.07) is 4.29. The van der Waals surface area contributed by atoms with E-state index >= 15 is 0 Å². The molecule has 2 fully saturated rings. The standard InChI is InChI=1S/C15H21N3O/c1-10-6-13(7-11(2)17-10)15(19)18-8-12-4-3-5-16-14(12)9-18/h6-7,12,14,16H,3-5,8-9H2,1-2H3/t12-,14+/m0/s1. The Labute approximate surface area is 114 Å². The molecule has 1 aromatic rings. The number of aryl methyl sites for hydroxylation is 2. The van der Waals surface area contributed by atoms with E-state index in [2.05, 4.69) is 10.3 Å². The van der Waals surface area contributed by atoms with Gasteiger partial charge < -0.3 is 10.2 Å². The van der Waals surface area contributed by atoms with Crippen molar-refractivity contribution in [3.8, 4) is 0 Å². The molecule has 2 saturated heterocycles. The Morgan fingerprint density at radius 1 is 1.32 bits per heavy atom. The van der Waals surface area contributed by atoms with Crippen LogP contribution in [0.25, 0.3) is 0 Å². The van der Waals surface area contributed by atoms with Crippen molar-refractivity contribution >= 4 is 5.91 Å². The predicted octanol–water partition coefficient (Wildman–Crippen LogP) is 1.52. The lowest BCUT2D eigenvalue weighted by atomic mass is 9.94. The maximum absolute atomic E-state index is 12.6. The van der Waals surface area contributed by atoms with Gasteiger partial charge in [-0.3, -0.25) is 9.78 Å². The van der Waals surface area contributed by atoms with E-state index < -0.39 is 0 Å². The normalized spacial score (nSPS) is 26.3. The van der Waals surface area contributed by atoms with Crippen molar-refractivity contribution in [1.29, 1.82) is 0 Å². The number of amides is 1. The van der Waals surface area contributed by atoms with Crippen LogP contribution in [-0.4, -0.2) is 41.5 Å². The summed E-state index contributed by atoms with van der Waals surface area (Å²) in [7, 11) is 0. The third kappa shape index (κ3) is 2.50. The van der Waals surface area contributed by atoms with Gasteiger partial charge in [-0.25, -0.2) is 0 Å². The Kier molecular flexibility index (Phi) is 3.27. The summed E-state index contributed by atoms with van der Waals surface area (Å²) in [5, 5.41) is 3.53. The van der Waals surface area contributed by atoms with Gasteiger partial charge in [0.25, 0.3) is 5.91 Å². The van der Waals surface area contributed by atoms with Crippen LogP contribution in [0.15, 0.2) is 12.1 Å². The number of nitrogens with one attached hydrogen (secondary N) is 1. The smallest absolute Gasteiger partial charge is 0.254 e. The molecular formula is C15H21N3O. The summed E-state index contributed by atoms with van der Waals surface area (Å²) in [4.78, 5) is 18.9. The van der Waals surface area contributed by atoms with Gasteiger partial charge in [0.1, 0.15) is 0 Å². The van der Waals surface area contributed by atoms with Gasteiger partial charge >= 0.3 is 0 Å². The number of fused-ring (bicyclic) bond motifs is 1. The highest BCUT2D eigenvalue weighted by Crippen LogP contribution is 2.26. The first-order chi connectivity index (χ1) is 9.13. The summed E-state index contributed by atoms with van der Waals surface area (Å²) in [6.45, 7) is 6.72. The van der Waals surface area contributed by atoms with Crippen LogP contribution in [0.3, 0.4) is 0 Å².